The van der Waals surface area contributed by atoms with E-state index >= 15 is 0 Å². The predicted octanol–water partition coefficient (Wildman–Crippen LogP) is 4.00. The zero-order chi connectivity index (χ0) is 14.0. The van der Waals surface area contributed by atoms with Crippen LogP contribution >= 0.6 is 23.2 Å². The van der Waals surface area contributed by atoms with Gasteiger partial charge in [-0.25, -0.2) is 0 Å². The van der Waals surface area contributed by atoms with Crippen LogP contribution in [0.1, 0.15) is 26.3 Å². The Bertz CT molecular complexity index is 432. The molecule has 0 N–H and O–H groups in total. The highest BCUT2D eigenvalue weighted by Gasteiger charge is 2.26. The standard InChI is InChI=1S/C15H22Cl2N2/c1-15(2,3)19-9-7-18(8-10-19)14-6-4-5-13(17)12(14)11-16/h4-6H,7-11H2,1-3H3. The topological polar surface area (TPSA) is 6.48 Å². The van der Waals surface area contributed by atoms with Crippen molar-refractivity contribution in [1.29, 1.82) is 0 Å². The third kappa shape index (κ3) is 3.36. The van der Waals surface area contributed by atoms with Gasteiger partial charge in [0, 0.05) is 48.0 Å². The van der Waals surface area contributed by atoms with E-state index in [1.165, 1.54) is 5.69 Å². The fraction of sp³-hybridized carbons (Fsp3) is 0.600. The lowest BCUT2D eigenvalue weighted by atomic mass is 10.0. The van der Waals surface area contributed by atoms with Gasteiger partial charge in [-0.3, -0.25) is 4.90 Å². The molecule has 2 nitrogen and oxygen atoms in total. The average Bonchev–Trinajstić information content (AvgIpc) is 2.37. The summed E-state index contributed by atoms with van der Waals surface area (Å²) in [6.07, 6.45) is 0. The van der Waals surface area contributed by atoms with Crippen LogP contribution in [-0.4, -0.2) is 36.6 Å². The average molecular weight is 301 g/mol. The first-order valence-electron chi connectivity index (χ1n) is 6.77. The number of alkyl halides is 1. The van der Waals surface area contributed by atoms with Crippen LogP contribution in [0, 0.1) is 0 Å². The van der Waals surface area contributed by atoms with E-state index < -0.39 is 0 Å². The first-order valence-corrected chi connectivity index (χ1v) is 7.68. The predicted molar refractivity (Wildman–Crippen MR) is 84.5 cm³/mol. The molecule has 19 heavy (non-hydrogen) atoms. The number of anilines is 1. The third-order valence-electron chi connectivity index (χ3n) is 3.80. The Kier molecular flexibility index (Phi) is 4.65. The molecule has 1 fully saturated rings. The van der Waals surface area contributed by atoms with E-state index in [-0.39, 0.29) is 5.54 Å². The normalized spacial score (nSPS) is 17.8. The number of benzene rings is 1. The maximum Gasteiger partial charge on any atom is 0.0509 e. The van der Waals surface area contributed by atoms with E-state index in [1.807, 2.05) is 12.1 Å². The SMILES string of the molecule is CC(C)(C)N1CCN(c2cccc(Cl)c2CCl)CC1. The zero-order valence-electron chi connectivity index (χ0n) is 11.9. The molecule has 1 aromatic carbocycles. The summed E-state index contributed by atoms with van der Waals surface area (Å²) in [4.78, 5) is 4.92. The van der Waals surface area contributed by atoms with E-state index in [0.717, 1.165) is 36.8 Å². The van der Waals surface area contributed by atoms with Gasteiger partial charge in [-0.15, -0.1) is 11.6 Å². The monoisotopic (exact) mass is 300 g/mol. The summed E-state index contributed by atoms with van der Waals surface area (Å²) in [5.74, 6) is 0.467. The smallest absolute Gasteiger partial charge is 0.0509 e. The van der Waals surface area contributed by atoms with Crippen LogP contribution in [0.3, 0.4) is 0 Å². The highest BCUT2D eigenvalue weighted by Crippen LogP contribution is 2.30. The molecule has 1 aliphatic heterocycles. The molecule has 0 atom stereocenters. The second kappa shape index (κ2) is 5.90. The van der Waals surface area contributed by atoms with Gasteiger partial charge in [0.05, 0.1) is 5.88 Å². The number of piperazine rings is 1. The first kappa shape index (κ1) is 15.0. The van der Waals surface area contributed by atoms with Crippen LogP contribution < -0.4 is 4.90 Å². The van der Waals surface area contributed by atoms with E-state index in [4.69, 9.17) is 23.2 Å². The van der Waals surface area contributed by atoms with Crippen molar-refractivity contribution in [3.8, 4) is 0 Å². The van der Waals surface area contributed by atoms with Crippen LogP contribution in [0.15, 0.2) is 18.2 Å². The van der Waals surface area contributed by atoms with Crippen molar-refractivity contribution in [2.24, 2.45) is 0 Å². The lowest BCUT2D eigenvalue weighted by molar-refractivity contribution is 0.128. The van der Waals surface area contributed by atoms with Crippen LogP contribution in [0.2, 0.25) is 5.02 Å². The molecule has 4 heteroatoms. The summed E-state index contributed by atoms with van der Waals surface area (Å²) in [5, 5.41) is 0.769. The Balaban J connectivity index is 2.12. The Hall–Kier alpha value is -0.440. The van der Waals surface area contributed by atoms with Crippen molar-refractivity contribution < 1.29 is 0 Å². The fourth-order valence-electron chi connectivity index (χ4n) is 2.59. The minimum Gasteiger partial charge on any atom is -0.369 e. The molecule has 0 amide bonds. The van der Waals surface area contributed by atoms with Gasteiger partial charge in [0.25, 0.3) is 0 Å². The quantitative estimate of drug-likeness (QED) is 0.762. The number of hydrogen-bond acceptors (Lipinski definition) is 2. The lowest BCUT2D eigenvalue weighted by Crippen LogP contribution is -2.53. The van der Waals surface area contributed by atoms with Crippen LogP contribution in [0.25, 0.3) is 0 Å². The number of rotatable bonds is 2. The fourth-order valence-corrected chi connectivity index (χ4v) is 3.18. The number of hydrogen-bond donors (Lipinski definition) is 0. The molecule has 1 heterocycles. The second-order valence-corrected chi connectivity index (χ2v) is 6.69. The molecule has 1 saturated heterocycles. The van der Waals surface area contributed by atoms with Gasteiger partial charge in [0.15, 0.2) is 0 Å². The van der Waals surface area contributed by atoms with Gasteiger partial charge in [-0.05, 0) is 32.9 Å². The number of nitrogens with zero attached hydrogens (tertiary/aromatic N) is 2. The Morgan fingerprint density at radius 1 is 1.11 bits per heavy atom. The maximum absolute atomic E-state index is 6.23. The molecule has 1 aliphatic rings. The largest absolute Gasteiger partial charge is 0.369 e. The van der Waals surface area contributed by atoms with Crippen molar-refractivity contribution in [3.05, 3.63) is 28.8 Å². The van der Waals surface area contributed by atoms with Crippen molar-refractivity contribution in [1.82, 2.24) is 4.90 Å². The van der Waals surface area contributed by atoms with E-state index in [1.54, 1.807) is 0 Å². The molecule has 0 spiro atoms. The minimum atomic E-state index is 0.246. The summed E-state index contributed by atoms with van der Waals surface area (Å²) in [7, 11) is 0. The highest BCUT2D eigenvalue weighted by molar-refractivity contribution is 6.32. The molecule has 0 radical (unpaired) electrons. The van der Waals surface area contributed by atoms with Gasteiger partial charge in [0.1, 0.15) is 0 Å². The lowest BCUT2D eigenvalue weighted by Gasteiger charge is -2.43. The van der Waals surface area contributed by atoms with E-state index in [0.29, 0.717) is 5.88 Å². The van der Waals surface area contributed by atoms with Crippen molar-refractivity contribution in [3.63, 3.8) is 0 Å². The molecule has 0 bridgehead atoms. The summed E-state index contributed by atoms with van der Waals surface area (Å²) >= 11 is 12.3. The minimum absolute atomic E-state index is 0.246. The van der Waals surface area contributed by atoms with Gasteiger partial charge in [-0.1, -0.05) is 17.7 Å². The van der Waals surface area contributed by atoms with Gasteiger partial charge in [-0.2, -0.15) is 0 Å². The van der Waals surface area contributed by atoms with Crippen LogP contribution in [-0.2, 0) is 5.88 Å². The summed E-state index contributed by atoms with van der Waals surface area (Å²) in [6, 6.07) is 6.04. The Morgan fingerprint density at radius 3 is 2.26 bits per heavy atom. The summed E-state index contributed by atoms with van der Waals surface area (Å²) in [5.41, 5.74) is 2.49. The Labute approximate surface area is 126 Å². The third-order valence-corrected chi connectivity index (χ3v) is 4.42. The molecule has 2 rings (SSSR count). The number of halogens is 2. The summed E-state index contributed by atoms with van der Waals surface area (Å²) < 4.78 is 0. The van der Waals surface area contributed by atoms with Crippen molar-refractivity contribution >= 4 is 28.9 Å². The molecular weight excluding hydrogens is 279 g/mol. The summed E-state index contributed by atoms with van der Waals surface area (Å²) in [6.45, 7) is 11.0. The van der Waals surface area contributed by atoms with E-state index in [2.05, 4.69) is 36.6 Å². The second-order valence-electron chi connectivity index (χ2n) is 6.02. The van der Waals surface area contributed by atoms with Gasteiger partial charge >= 0.3 is 0 Å². The Morgan fingerprint density at radius 2 is 1.74 bits per heavy atom. The van der Waals surface area contributed by atoms with Crippen molar-refractivity contribution in [2.45, 2.75) is 32.2 Å². The zero-order valence-corrected chi connectivity index (χ0v) is 13.4. The molecular formula is C15H22Cl2N2. The molecule has 1 aromatic rings. The molecule has 106 valence electrons. The molecule has 0 unspecified atom stereocenters. The molecule has 0 aliphatic carbocycles. The highest BCUT2D eigenvalue weighted by atomic mass is 35.5. The maximum atomic E-state index is 6.23. The first-order chi connectivity index (χ1) is 8.93. The van der Waals surface area contributed by atoms with Gasteiger partial charge < -0.3 is 4.90 Å². The molecule has 0 saturated carbocycles. The van der Waals surface area contributed by atoms with Gasteiger partial charge in [0.2, 0.25) is 0 Å². The molecule has 0 aromatic heterocycles. The van der Waals surface area contributed by atoms with Crippen molar-refractivity contribution in [2.75, 3.05) is 31.1 Å². The van der Waals surface area contributed by atoms with Crippen LogP contribution in [0.5, 0.6) is 0 Å². The van der Waals surface area contributed by atoms with Crippen LogP contribution in [0.4, 0.5) is 5.69 Å². The van der Waals surface area contributed by atoms with E-state index in [9.17, 15) is 0 Å².